The standard InChI is InChI=1S/C21H19ClN2O5/c22-14-10-13(11-17-20(14)28-9-3-8-27-17)6-7-19(25)24-12-18(21(23)26)29-16-5-2-1-4-15(16)24/h1-2,4-7,10-11,18H,3,8-9,12H2,(H2,23,26)/b7-6+. The quantitative estimate of drug-likeness (QED) is 0.780. The molecule has 0 aliphatic carbocycles. The molecule has 0 aromatic heterocycles. The molecule has 2 aliphatic rings. The Morgan fingerprint density at radius 3 is 2.76 bits per heavy atom. The first-order valence-electron chi connectivity index (χ1n) is 9.16. The van der Waals surface area contributed by atoms with E-state index in [9.17, 15) is 9.59 Å². The number of para-hydroxylation sites is 2. The van der Waals surface area contributed by atoms with E-state index < -0.39 is 12.0 Å². The lowest BCUT2D eigenvalue weighted by Crippen LogP contribution is -2.49. The Labute approximate surface area is 172 Å². The molecule has 2 amide bonds. The first-order valence-corrected chi connectivity index (χ1v) is 9.54. The van der Waals surface area contributed by atoms with E-state index in [0.717, 1.165) is 6.42 Å². The van der Waals surface area contributed by atoms with Crippen LogP contribution in [-0.4, -0.2) is 37.7 Å². The third-order valence-corrected chi connectivity index (χ3v) is 4.88. The van der Waals surface area contributed by atoms with Crippen LogP contribution in [0.4, 0.5) is 5.69 Å². The van der Waals surface area contributed by atoms with Crippen molar-refractivity contribution in [1.29, 1.82) is 0 Å². The summed E-state index contributed by atoms with van der Waals surface area (Å²) in [5.41, 5.74) is 6.66. The molecule has 0 saturated heterocycles. The minimum atomic E-state index is -0.908. The summed E-state index contributed by atoms with van der Waals surface area (Å²) in [6, 6.07) is 10.5. The van der Waals surface area contributed by atoms with Crippen molar-refractivity contribution < 1.29 is 23.8 Å². The molecule has 2 aromatic rings. The molecule has 0 fully saturated rings. The van der Waals surface area contributed by atoms with Crippen LogP contribution in [0.25, 0.3) is 6.08 Å². The number of nitrogens with zero attached hydrogens (tertiary/aromatic N) is 1. The average Bonchev–Trinajstić information content (AvgIpc) is 2.97. The summed E-state index contributed by atoms with van der Waals surface area (Å²) in [5.74, 6) is 0.556. The van der Waals surface area contributed by atoms with Crippen LogP contribution < -0.4 is 24.8 Å². The largest absolute Gasteiger partial charge is 0.489 e. The summed E-state index contributed by atoms with van der Waals surface area (Å²) < 4.78 is 16.9. The number of rotatable bonds is 3. The molecule has 2 heterocycles. The fourth-order valence-corrected chi connectivity index (χ4v) is 3.47. The van der Waals surface area contributed by atoms with Gasteiger partial charge in [-0.25, -0.2) is 0 Å². The van der Waals surface area contributed by atoms with Gasteiger partial charge in [-0.05, 0) is 35.9 Å². The van der Waals surface area contributed by atoms with Gasteiger partial charge >= 0.3 is 0 Å². The summed E-state index contributed by atoms with van der Waals surface area (Å²) in [5, 5.41) is 0.419. The van der Waals surface area contributed by atoms with E-state index in [1.54, 1.807) is 42.5 Å². The van der Waals surface area contributed by atoms with E-state index in [1.807, 2.05) is 0 Å². The van der Waals surface area contributed by atoms with E-state index in [0.29, 0.717) is 46.7 Å². The smallest absolute Gasteiger partial charge is 0.260 e. The number of hydrogen-bond acceptors (Lipinski definition) is 5. The van der Waals surface area contributed by atoms with Crippen molar-refractivity contribution in [3.8, 4) is 17.2 Å². The van der Waals surface area contributed by atoms with Crippen molar-refractivity contribution >= 4 is 35.2 Å². The molecular formula is C21H19ClN2O5. The van der Waals surface area contributed by atoms with Gasteiger partial charge in [-0.3, -0.25) is 9.59 Å². The Hall–Kier alpha value is -3.19. The van der Waals surface area contributed by atoms with Crippen molar-refractivity contribution in [3.05, 3.63) is 53.1 Å². The number of benzene rings is 2. The van der Waals surface area contributed by atoms with Gasteiger partial charge in [0.15, 0.2) is 17.6 Å². The van der Waals surface area contributed by atoms with Gasteiger partial charge < -0.3 is 24.8 Å². The predicted molar refractivity (Wildman–Crippen MR) is 108 cm³/mol. The minimum absolute atomic E-state index is 0.0391. The van der Waals surface area contributed by atoms with E-state index in [2.05, 4.69) is 0 Å². The maximum atomic E-state index is 12.9. The Kier molecular flexibility index (Phi) is 5.31. The second-order valence-corrected chi connectivity index (χ2v) is 7.05. The van der Waals surface area contributed by atoms with E-state index in [1.165, 1.54) is 11.0 Å². The van der Waals surface area contributed by atoms with Crippen molar-refractivity contribution in [2.45, 2.75) is 12.5 Å². The lowest BCUT2D eigenvalue weighted by Gasteiger charge is -2.32. The fourth-order valence-electron chi connectivity index (χ4n) is 3.20. The Morgan fingerprint density at radius 1 is 1.14 bits per heavy atom. The van der Waals surface area contributed by atoms with Gasteiger partial charge in [-0.2, -0.15) is 0 Å². The molecular weight excluding hydrogens is 396 g/mol. The monoisotopic (exact) mass is 414 g/mol. The molecule has 0 saturated carbocycles. The van der Waals surface area contributed by atoms with Crippen molar-refractivity contribution in [2.75, 3.05) is 24.7 Å². The molecule has 0 radical (unpaired) electrons. The van der Waals surface area contributed by atoms with Crippen LogP contribution in [0.2, 0.25) is 5.02 Å². The predicted octanol–water partition coefficient (Wildman–Crippen LogP) is 2.79. The zero-order valence-corrected chi connectivity index (χ0v) is 16.2. The van der Waals surface area contributed by atoms with Crippen LogP contribution in [0.15, 0.2) is 42.5 Å². The maximum absolute atomic E-state index is 12.9. The Bertz CT molecular complexity index is 991. The van der Waals surface area contributed by atoms with Gasteiger partial charge in [0, 0.05) is 12.5 Å². The van der Waals surface area contributed by atoms with E-state index in [4.69, 9.17) is 31.5 Å². The number of carbonyl (C=O) groups excluding carboxylic acids is 2. The van der Waals surface area contributed by atoms with Gasteiger partial charge in [-0.1, -0.05) is 23.7 Å². The molecule has 7 nitrogen and oxygen atoms in total. The lowest BCUT2D eigenvalue weighted by atomic mass is 10.1. The number of primary amides is 1. The molecule has 4 rings (SSSR count). The van der Waals surface area contributed by atoms with Crippen LogP contribution in [0.3, 0.4) is 0 Å². The van der Waals surface area contributed by atoms with Crippen molar-refractivity contribution in [1.82, 2.24) is 0 Å². The molecule has 8 heteroatoms. The van der Waals surface area contributed by atoms with Crippen LogP contribution in [-0.2, 0) is 9.59 Å². The molecule has 1 atom stereocenters. The number of ether oxygens (including phenoxy) is 3. The van der Waals surface area contributed by atoms with Crippen LogP contribution in [0.1, 0.15) is 12.0 Å². The second-order valence-electron chi connectivity index (χ2n) is 6.64. The lowest BCUT2D eigenvalue weighted by molar-refractivity contribution is -0.125. The molecule has 29 heavy (non-hydrogen) atoms. The summed E-state index contributed by atoms with van der Waals surface area (Å²) in [6.45, 7) is 1.11. The number of nitrogens with two attached hydrogens (primary N) is 1. The van der Waals surface area contributed by atoms with Crippen LogP contribution >= 0.6 is 11.6 Å². The Morgan fingerprint density at radius 2 is 1.93 bits per heavy atom. The number of amides is 2. The highest BCUT2D eigenvalue weighted by Crippen LogP contribution is 2.38. The fraction of sp³-hybridized carbons (Fsp3) is 0.238. The Balaban J connectivity index is 1.59. The minimum Gasteiger partial charge on any atom is -0.489 e. The van der Waals surface area contributed by atoms with Gasteiger partial charge in [-0.15, -0.1) is 0 Å². The molecule has 2 aromatic carbocycles. The summed E-state index contributed by atoms with van der Waals surface area (Å²) >= 11 is 6.30. The molecule has 150 valence electrons. The van der Waals surface area contributed by atoms with Crippen molar-refractivity contribution in [3.63, 3.8) is 0 Å². The first kappa shape index (κ1) is 19.1. The molecule has 2 N–H and O–H groups in total. The van der Waals surface area contributed by atoms with Crippen molar-refractivity contribution in [2.24, 2.45) is 5.73 Å². The van der Waals surface area contributed by atoms with Crippen LogP contribution in [0.5, 0.6) is 17.2 Å². The average molecular weight is 415 g/mol. The molecule has 2 aliphatic heterocycles. The third kappa shape index (κ3) is 4.00. The number of anilines is 1. The number of hydrogen-bond donors (Lipinski definition) is 1. The first-order chi connectivity index (χ1) is 14.0. The highest BCUT2D eigenvalue weighted by Gasteiger charge is 2.31. The van der Waals surface area contributed by atoms with Gasteiger partial charge in [0.1, 0.15) is 5.75 Å². The normalized spacial score (nSPS) is 18.0. The van der Waals surface area contributed by atoms with Gasteiger partial charge in [0.05, 0.1) is 30.5 Å². The highest BCUT2D eigenvalue weighted by molar-refractivity contribution is 6.32. The van der Waals surface area contributed by atoms with E-state index in [-0.39, 0.29) is 12.5 Å². The second kappa shape index (κ2) is 8.05. The summed E-state index contributed by atoms with van der Waals surface area (Å²) in [7, 11) is 0. The van der Waals surface area contributed by atoms with Crippen LogP contribution in [0, 0.1) is 0 Å². The number of carbonyl (C=O) groups is 2. The third-order valence-electron chi connectivity index (χ3n) is 4.60. The molecule has 0 bridgehead atoms. The highest BCUT2D eigenvalue weighted by atomic mass is 35.5. The zero-order valence-electron chi connectivity index (χ0n) is 15.5. The van der Waals surface area contributed by atoms with Gasteiger partial charge in [0.25, 0.3) is 11.8 Å². The number of fused-ring (bicyclic) bond motifs is 2. The maximum Gasteiger partial charge on any atom is 0.260 e. The summed E-state index contributed by atoms with van der Waals surface area (Å²) in [4.78, 5) is 26.0. The molecule has 1 unspecified atom stereocenters. The topological polar surface area (TPSA) is 91.1 Å². The summed E-state index contributed by atoms with van der Waals surface area (Å²) in [6.07, 6.45) is 2.91. The SMILES string of the molecule is NC(=O)C1CN(C(=O)/C=C/c2cc(Cl)c3c(c2)OCCCO3)c2ccccc2O1. The van der Waals surface area contributed by atoms with Gasteiger partial charge in [0.2, 0.25) is 0 Å². The number of halogens is 1. The zero-order chi connectivity index (χ0) is 20.4. The molecule has 0 spiro atoms. The van der Waals surface area contributed by atoms with E-state index >= 15 is 0 Å².